The lowest BCUT2D eigenvalue weighted by Crippen LogP contribution is -2.14. The van der Waals surface area contributed by atoms with Crippen molar-refractivity contribution in [3.8, 4) is 5.95 Å². The molecular formula is C12H17N5. The number of aromatic nitrogens is 4. The summed E-state index contributed by atoms with van der Waals surface area (Å²) < 4.78 is 1.71. The number of aryl methyl sites for hydroxylation is 1. The average molecular weight is 231 g/mol. The molecule has 0 radical (unpaired) electrons. The van der Waals surface area contributed by atoms with E-state index >= 15 is 0 Å². The van der Waals surface area contributed by atoms with Gasteiger partial charge in [0.25, 0.3) is 0 Å². The average Bonchev–Trinajstić information content (AvgIpc) is 2.85. The largest absolute Gasteiger partial charge is 0.317 e. The van der Waals surface area contributed by atoms with Crippen molar-refractivity contribution in [2.75, 3.05) is 13.1 Å². The molecule has 0 saturated carbocycles. The summed E-state index contributed by atoms with van der Waals surface area (Å²) in [5.41, 5.74) is 1.22. The lowest BCUT2D eigenvalue weighted by Gasteiger charge is -1.99. The van der Waals surface area contributed by atoms with Crippen LogP contribution >= 0.6 is 0 Å². The number of nitrogens with one attached hydrogen (secondary N) is 1. The molecule has 0 aliphatic carbocycles. The van der Waals surface area contributed by atoms with Gasteiger partial charge in [0.15, 0.2) is 0 Å². The van der Waals surface area contributed by atoms with E-state index in [0.717, 1.165) is 25.9 Å². The molecule has 0 aliphatic heterocycles. The van der Waals surface area contributed by atoms with Crippen LogP contribution < -0.4 is 5.32 Å². The van der Waals surface area contributed by atoms with Crippen LogP contribution in [0.15, 0.2) is 30.9 Å². The Morgan fingerprint density at radius 1 is 1.29 bits per heavy atom. The third-order valence-corrected chi connectivity index (χ3v) is 2.46. The molecule has 90 valence electrons. The van der Waals surface area contributed by atoms with E-state index in [0.29, 0.717) is 5.95 Å². The molecule has 0 saturated heterocycles. The van der Waals surface area contributed by atoms with Crippen molar-refractivity contribution in [2.24, 2.45) is 0 Å². The van der Waals surface area contributed by atoms with E-state index in [2.05, 4.69) is 27.3 Å². The van der Waals surface area contributed by atoms with Gasteiger partial charge in [-0.05, 0) is 37.6 Å². The molecule has 0 aromatic carbocycles. The summed E-state index contributed by atoms with van der Waals surface area (Å²) in [7, 11) is 0. The van der Waals surface area contributed by atoms with Crippen molar-refractivity contribution in [3.05, 3.63) is 36.4 Å². The highest BCUT2D eigenvalue weighted by Crippen LogP contribution is 2.04. The third kappa shape index (κ3) is 3.35. The Balaban J connectivity index is 1.92. The lowest BCUT2D eigenvalue weighted by atomic mass is 10.2. The third-order valence-electron chi connectivity index (χ3n) is 2.46. The molecule has 1 N–H and O–H groups in total. The predicted octanol–water partition coefficient (Wildman–Crippen LogP) is 1.20. The predicted molar refractivity (Wildman–Crippen MR) is 66.0 cm³/mol. The van der Waals surface area contributed by atoms with Crippen LogP contribution in [0.3, 0.4) is 0 Å². The summed E-state index contributed by atoms with van der Waals surface area (Å²) in [5, 5.41) is 7.56. The van der Waals surface area contributed by atoms with E-state index in [4.69, 9.17) is 0 Å². The Kier molecular flexibility index (Phi) is 4.21. The summed E-state index contributed by atoms with van der Waals surface area (Å²) >= 11 is 0. The van der Waals surface area contributed by atoms with Gasteiger partial charge in [-0.3, -0.25) is 0 Å². The molecule has 0 amide bonds. The van der Waals surface area contributed by atoms with Crippen molar-refractivity contribution in [3.63, 3.8) is 0 Å². The highest BCUT2D eigenvalue weighted by Gasteiger charge is 2.02. The smallest absolute Gasteiger partial charge is 0.250 e. The van der Waals surface area contributed by atoms with Crippen LogP contribution in [0.4, 0.5) is 0 Å². The van der Waals surface area contributed by atoms with Crippen LogP contribution in [0.2, 0.25) is 0 Å². The minimum absolute atomic E-state index is 0.616. The van der Waals surface area contributed by atoms with Crippen LogP contribution in [-0.4, -0.2) is 32.8 Å². The highest BCUT2D eigenvalue weighted by molar-refractivity contribution is 5.13. The maximum Gasteiger partial charge on any atom is 0.250 e. The molecule has 0 bridgehead atoms. The van der Waals surface area contributed by atoms with Gasteiger partial charge in [-0.15, -0.1) is 0 Å². The second-order valence-corrected chi connectivity index (χ2v) is 3.80. The monoisotopic (exact) mass is 231 g/mol. The molecule has 0 fully saturated rings. The first kappa shape index (κ1) is 11.7. The molecule has 5 nitrogen and oxygen atoms in total. The van der Waals surface area contributed by atoms with E-state index in [1.165, 1.54) is 5.56 Å². The number of hydrogen-bond donors (Lipinski definition) is 1. The summed E-state index contributed by atoms with van der Waals surface area (Å²) in [6.45, 7) is 4.19. The quantitative estimate of drug-likeness (QED) is 0.759. The second-order valence-electron chi connectivity index (χ2n) is 3.80. The van der Waals surface area contributed by atoms with Gasteiger partial charge < -0.3 is 5.32 Å². The SMILES string of the molecule is CCNCCCc1cnn(-c2ncccn2)c1. The van der Waals surface area contributed by atoms with Gasteiger partial charge in [0, 0.05) is 18.6 Å². The van der Waals surface area contributed by atoms with Crippen molar-refractivity contribution in [2.45, 2.75) is 19.8 Å². The maximum atomic E-state index is 4.26. The Hall–Kier alpha value is -1.75. The number of rotatable bonds is 6. The molecule has 2 heterocycles. The fourth-order valence-electron chi connectivity index (χ4n) is 1.60. The molecular weight excluding hydrogens is 214 g/mol. The Morgan fingerprint density at radius 3 is 2.88 bits per heavy atom. The standard InChI is InChI=1S/C12H17N5/c1-2-13-6-3-5-11-9-16-17(10-11)12-14-7-4-8-15-12/h4,7-10,13H,2-3,5-6H2,1H3. The summed E-state index contributed by atoms with van der Waals surface area (Å²) in [6, 6.07) is 1.80. The number of nitrogens with zero attached hydrogens (tertiary/aromatic N) is 4. The van der Waals surface area contributed by atoms with E-state index < -0.39 is 0 Å². The van der Waals surface area contributed by atoms with Gasteiger partial charge in [-0.2, -0.15) is 5.10 Å². The molecule has 0 atom stereocenters. The second kappa shape index (κ2) is 6.10. The van der Waals surface area contributed by atoms with Crippen molar-refractivity contribution in [1.29, 1.82) is 0 Å². The molecule has 2 aromatic heterocycles. The van der Waals surface area contributed by atoms with Crippen LogP contribution in [-0.2, 0) is 6.42 Å². The number of hydrogen-bond acceptors (Lipinski definition) is 4. The Bertz CT molecular complexity index is 437. The fraction of sp³-hybridized carbons (Fsp3) is 0.417. The molecule has 2 rings (SSSR count). The molecule has 0 unspecified atom stereocenters. The van der Waals surface area contributed by atoms with Crippen molar-refractivity contribution in [1.82, 2.24) is 25.1 Å². The maximum absolute atomic E-state index is 4.26. The summed E-state index contributed by atoms with van der Waals surface area (Å²) in [6.07, 6.45) is 9.45. The fourth-order valence-corrected chi connectivity index (χ4v) is 1.60. The minimum Gasteiger partial charge on any atom is -0.317 e. The van der Waals surface area contributed by atoms with E-state index in [1.54, 1.807) is 23.1 Å². The van der Waals surface area contributed by atoms with E-state index in [9.17, 15) is 0 Å². The molecule has 17 heavy (non-hydrogen) atoms. The van der Waals surface area contributed by atoms with Crippen LogP contribution in [0.5, 0.6) is 0 Å². The van der Waals surface area contributed by atoms with Gasteiger partial charge in [0.2, 0.25) is 5.95 Å². The highest BCUT2D eigenvalue weighted by atomic mass is 15.3. The van der Waals surface area contributed by atoms with Crippen molar-refractivity contribution < 1.29 is 0 Å². The lowest BCUT2D eigenvalue weighted by molar-refractivity contribution is 0.672. The molecule has 2 aromatic rings. The Morgan fingerprint density at radius 2 is 2.12 bits per heavy atom. The summed E-state index contributed by atoms with van der Waals surface area (Å²) in [4.78, 5) is 8.30. The van der Waals surface area contributed by atoms with Gasteiger partial charge >= 0.3 is 0 Å². The zero-order chi connectivity index (χ0) is 11.9. The van der Waals surface area contributed by atoms with Gasteiger partial charge in [0.1, 0.15) is 0 Å². The zero-order valence-corrected chi connectivity index (χ0v) is 10.0. The van der Waals surface area contributed by atoms with E-state index in [-0.39, 0.29) is 0 Å². The van der Waals surface area contributed by atoms with E-state index in [1.807, 2.05) is 12.4 Å². The van der Waals surface area contributed by atoms with Gasteiger partial charge in [0.05, 0.1) is 6.20 Å². The van der Waals surface area contributed by atoms with Crippen LogP contribution in [0.1, 0.15) is 18.9 Å². The first-order valence-electron chi connectivity index (χ1n) is 5.92. The molecule has 0 aliphatic rings. The van der Waals surface area contributed by atoms with Gasteiger partial charge in [-0.1, -0.05) is 6.92 Å². The zero-order valence-electron chi connectivity index (χ0n) is 10.0. The molecule has 0 spiro atoms. The van der Waals surface area contributed by atoms with Crippen LogP contribution in [0.25, 0.3) is 5.95 Å². The van der Waals surface area contributed by atoms with Gasteiger partial charge in [-0.25, -0.2) is 14.6 Å². The Labute approximate surface area is 101 Å². The first-order valence-corrected chi connectivity index (χ1v) is 5.92. The molecule has 5 heteroatoms. The first-order chi connectivity index (χ1) is 8.40. The summed E-state index contributed by atoms with van der Waals surface area (Å²) in [5.74, 6) is 0.616. The normalized spacial score (nSPS) is 10.6. The van der Waals surface area contributed by atoms with Crippen LogP contribution in [0, 0.1) is 0 Å². The van der Waals surface area contributed by atoms with Crippen molar-refractivity contribution >= 4 is 0 Å². The minimum atomic E-state index is 0.616. The topological polar surface area (TPSA) is 55.6 Å².